The zero-order chi connectivity index (χ0) is 33.1. The molecule has 0 unspecified atom stereocenters. The van der Waals surface area contributed by atoms with Gasteiger partial charge in [0.2, 0.25) is 0 Å². The fourth-order valence-electron chi connectivity index (χ4n) is 6.10. The van der Waals surface area contributed by atoms with Gasteiger partial charge in [-0.3, -0.25) is 9.36 Å². The van der Waals surface area contributed by atoms with Crippen LogP contribution in [0.3, 0.4) is 0 Å². The fourth-order valence-corrected chi connectivity index (χ4v) is 6.64. The molecule has 11 heteroatoms. The van der Waals surface area contributed by atoms with Crippen LogP contribution in [0.15, 0.2) is 128 Å². The maximum atomic E-state index is 12.9. The van der Waals surface area contributed by atoms with Gasteiger partial charge in [-0.1, -0.05) is 107 Å². The second-order valence-electron chi connectivity index (χ2n) is 11.3. The minimum absolute atomic E-state index is 0.124. The molecular formula is C37H32BrN5O5. The number of carbonyl (C=O) groups excluding carboxylic acids is 1. The number of aliphatic hydroxyl groups is 1. The van der Waals surface area contributed by atoms with Crippen LogP contribution in [0.4, 0.5) is 5.82 Å². The molecule has 0 spiro atoms. The second kappa shape index (κ2) is 13.7. The lowest BCUT2D eigenvalue weighted by molar-refractivity contribution is -0.0847. The molecule has 4 atom stereocenters. The van der Waals surface area contributed by atoms with Crippen molar-refractivity contribution >= 4 is 38.8 Å². The van der Waals surface area contributed by atoms with Crippen LogP contribution in [0.25, 0.3) is 11.2 Å². The molecule has 7 rings (SSSR count). The molecule has 0 bridgehead atoms. The molecule has 1 saturated heterocycles. The number of carbonyl (C=O) groups is 1. The molecule has 1 fully saturated rings. The van der Waals surface area contributed by atoms with Gasteiger partial charge in [0.15, 0.2) is 23.2 Å². The Kier molecular flexibility index (Phi) is 9.00. The first-order valence-corrected chi connectivity index (χ1v) is 16.3. The van der Waals surface area contributed by atoms with Crippen molar-refractivity contribution in [2.24, 2.45) is 0 Å². The summed E-state index contributed by atoms with van der Waals surface area (Å²) in [5, 5.41) is 14.3. The molecule has 10 nitrogen and oxygen atoms in total. The molecular weight excluding hydrogens is 674 g/mol. The van der Waals surface area contributed by atoms with Crippen molar-refractivity contribution in [1.29, 1.82) is 0 Å². The van der Waals surface area contributed by atoms with E-state index in [2.05, 4.69) is 36.2 Å². The first kappa shape index (κ1) is 31.6. The largest absolute Gasteiger partial charge is 0.497 e. The van der Waals surface area contributed by atoms with Crippen LogP contribution < -0.4 is 10.1 Å². The number of alkyl halides is 1. The molecule has 0 saturated carbocycles. The van der Waals surface area contributed by atoms with Crippen LogP contribution in [0.1, 0.15) is 33.3 Å². The predicted octanol–water partition coefficient (Wildman–Crippen LogP) is 6.12. The van der Waals surface area contributed by atoms with Crippen molar-refractivity contribution in [3.05, 3.63) is 150 Å². The Balaban J connectivity index is 1.19. The lowest BCUT2D eigenvalue weighted by Gasteiger charge is -2.37. The van der Waals surface area contributed by atoms with E-state index < -0.39 is 28.9 Å². The van der Waals surface area contributed by atoms with Crippen LogP contribution in [0, 0.1) is 0 Å². The van der Waals surface area contributed by atoms with E-state index in [-0.39, 0.29) is 18.3 Å². The summed E-state index contributed by atoms with van der Waals surface area (Å²) in [4.78, 5) is 25.5. The van der Waals surface area contributed by atoms with Gasteiger partial charge in [-0.15, -0.1) is 0 Å². The minimum atomic E-state index is -1.01. The Labute approximate surface area is 285 Å². The average Bonchev–Trinajstić information content (AvgIpc) is 3.70. The highest BCUT2D eigenvalue weighted by Gasteiger charge is 2.46. The summed E-state index contributed by atoms with van der Waals surface area (Å²) in [6.07, 6.45) is 0.495. The molecule has 1 aliphatic rings. The maximum Gasteiger partial charge on any atom is 0.256 e. The number of rotatable bonds is 10. The van der Waals surface area contributed by atoms with E-state index in [1.54, 1.807) is 35.9 Å². The average molecular weight is 707 g/mol. The summed E-state index contributed by atoms with van der Waals surface area (Å²) in [6, 6.07) is 36.8. The number of amides is 1. The van der Waals surface area contributed by atoms with E-state index in [1.165, 1.54) is 12.7 Å². The number of anilines is 1. The lowest BCUT2D eigenvalue weighted by Crippen LogP contribution is -2.38. The lowest BCUT2D eigenvalue weighted by atomic mass is 9.80. The van der Waals surface area contributed by atoms with E-state index in [0.717, 1.165) is 22.4 Å². The summed E-state index contributed by atoms with van der Waals surface area (Å²) in [6.45, 7) is 0.124. The Morgan fingerprint density at radius 2 is 1.48 bits per heavy atom. The highest BCUT2D eigenvalue weighted by atomic mass is 79.9. The van der Waals surface area contributed by atoms with Crippen LogP contribution in [-0.4, -0.2) is 61.3 Å². The van der Waals surface area contributed by atoms with Crippen LogP contribution in [0.2, 0.25) is 0 Å². The molecule has 0 aliphatic carbocycles. The Morgan fingerprint density at radius 1 is 0.875 bits per heavy atom. The number of halogens is 1. The first-order chi connectivity index (χ1) is 23.5. The normalized spacial score (nSPS) is 19.3. The molecule has 0 radical (unpaired) electrons. The number of imidazole rings is 1. The smallest absolute Gasteiger partial charge is 0.256 e. The van der Waals surface area contributed by atoms with Gasteiger partial charge in [-0.2, -0.15) is 0 Å². The zero-order valence-corrected chi connectivity index (χ0v) is 27.5. The number of benzene rings is 4. The van der Waals surface area contributed by atoms with Crippen LogP contribution >= 0.6 is 15.9 Å². The summed E-state index contributed by atoms with van der Waals surface area (Å²) in [5.41, 5.74) is 3.03. The quantitative estimate of drug-likeness (QED) is 0.129. The van der Waals surface area contributed by atoms with Gasteiger partial charge >= 0.3 is 0 Å². The van der Waals surface area contributed by atoms with E-state index in [1.807, 2.05) is 91.0 Å². The molecule has 242 valence electrons. The Morgan fingerprint density at radius 3 is 2.10 bits per heavy atom. The fraction of sp³-hybridized carbons (Fsp3) is 0.189. The molecule has 48 heavy (non-hydrogen) atoms. The van der Waals surface area contributed by atoms with Crippen molar-refractivity contribution in [2.75, 3.05) is 19.0 Å². The zero-order valence-electron chi connectivity index (χ0n) is 25.9. The molecule has 1 aliphatic heterocycles. The third kappa shape index (κ3) is 5.86. The monoisotopic (exact) mass is 705 g/mol. The van der Waals surface area contributed by atoms with E-state index in [4.69, 9.17) is 14.2 Å². The Bertz CT molecular complexity index is 1950. The van der Waals surface area contributed by atoms with Gasteiger partial charge in [0, 0.05) is 5.56 Å². The third-order valence-corrected chi connectivity index (χ3v) is 9.64. The van der Waals surface area contributed by atoms with Crippen molar-refractivity contribution < 1.29 is 24.1 Å². The predicted molar refractivity (Wildman–Crippen MR) is 184 cm³/mol. The van der Waals surface area contributed by atoms with Gasteiger partial charge in [-0.25, -0.2) is 15.0 Å². The van der Waals surface area contributed by atoms with Crippen LogP contribution in [0.5, 0.6) is 5.75 Å². The van der Waals surface area contributed by atoms with E-state index in [0.29, 0.717) is 16.7 Å². The molecule has 1 amide bonds. The second-order valence-corrected chi connectivity index (χ2v) is 12.4. The number of hydrogen-bond donors (Lipinski definition) is 2. The summed E-state index contributed by atoms with van der Waals surface area (Å²) >= 11 is 3.69. The van der Waals surface area contributed by atoms with Crippen molar-refractivity contribution in [1.82, 2.24) is 19.5 Å². The number of hydrogen-bond acceptors (Lipinski definition) is 8. The Hall–Kier alpha value is -4.94. The number of aromatic nitrogens is 4. The molecule has 3 heterocycles. The first-order valence-electron chi connectivity index (χ1n) is 15.4. The molecule has 2 aromatic heterocycles. The number of aliphatic hydroxyl groups excluding tert-OH is 1. The van der Waals surface area contributed by atoms with Gasteiger partial charge in [0.25, 0.3) is 5.91 Å². The highest BCUT2D eigenvalue weighted by molar-refractivity contribution is 9.09. The van der Waals surface area contributed by atoms with Gasteiger partial charge < -0.3 is 24.6 Å². The SMILES string of the molecule is COc1ccc(C(OC[C@H]2O[C@@H](n3cnc4c(NC(=O)c5ccccc5)ncnc43)[C@H](O)[C@H]2Br)(c2ccccc2)c2ccccc2)cc1. The number of ether oxygens (including phenoxy) is 3. The number of methoxy groups -OCH3 is 1. The van der Waals surface area contributed by atoms with Gasteiger partial charge in [0.1, 0.15) is 23.8 Å². The number of nitrogens with one attached hydrogen (secondary N) is 1. The minimum Gasteiger partial charge on any atom is -0.497 e. The topological polar surface area (TPSA) is 121 Å². The van der Waals surface area contributed by atoms with E-state index in [9.17, 15) is 9.90 Å². The summed E-state index contributed by atoms with van der Waals surface area (Å²) < 4.78 is 20.6. The van der Waals surface area contributed by atoms with E-state index >= 15 is 0 Å². The van der Waals surface area contributed by atoms with Crippen molar-refractivity contribution in [3.8, 4) is 5.75 Å². The standard InChI is InChI=1S/C37H32BrN5O5/c1-46-28-19-17-27(18-20-28)37(25-13-7-3-8-14-25,26-15-9-4-10-16-26)47-21-29-30(38)32(44)36(48-29)43-23-41-31-33(39-22-40-34(31)43)42-35(45)24-11-5-2-6-12-24/h2-20,22-23,29-30,32,36,44H,21H2,1H3,(H,39,40,42,45)/t29-,30+,32-,36-/m1/s1. The third-order valence-electron chi connectivity index (χ3n) is 8.51. The molecule has 6 aromatic rings. The van der Waals surface area contributed by atoms with Crippen molar-refractivity contribution in [2.45, 2.75) is 28.9 Å². The van der Waals surface area contributed by atoms with Gasteiger partial charge in [-0.05, 0) is 41.0 Å². The molecule has 4 aromatic carbocycles. The number of fused-ring (bicyclic) bond motifs is 1. The molecule has 2 N–H and O–H groups in total. The summed E-state index contributed by atoms with van der Waals surface area (Å²) in [5.74, 6) is 0.668. The summed E-state index contributed by atoms with van der Waals surface area (Å²) in [7, 11) is 1.64. The van der Waals surface area contributed by atoms with Crippen molar-refractivity contribution in [3.63, 3.8) is 0 Å². The van der Waals surface area contributed by atoms with Crippen LogP contribution in [-0.2, 0) is 15.1 Å². The van der Waals surface area contributed by atoms with Gasteiger partial charge in [0.05, 0.1) is 31.0 Å². The maximum absolute atomic E-state index is 12.9. The highest BCUT2D eigenvalue weighted by Crippen LogP contribution is 2.43. The number of nitrogens with zero attached hydrogens (tertiary/aromatic N) is 4.